The summed E-state index contributed by atoms with van der Waals surface area (Å²) in [7, 11) is -1.01. The van der Waals surface area contributed by atoms with Crippen molar-refractivity contribution < 1.29 is 5.11 Å². The van der Waals surface area contributed by atoms with Gasteiger partial charge < -0.3 is 5.11 Å². The summed E-state index contributed by atoms with van der Waals surface area (Å²) in [5.41, 5.74) is 0.768. The highest BCUT2D eigenvalue weighted by Gasteiger charge is 2.21. The second-order valence-corrected chi connectivity index (χ2v) is 9.79. The first kappa shape index (κ1) is 11.9. The molecule has 1 atom stereocenters. The molecule has 2 heteroatoms. The predicted octanol–water partition coefficient (Wildman–Crippen LogP) is 3.04. The summed E-state index contributed by atoms with van der Waals surface area (Å²) < 4.78 is 0. The topological polar surface area (TPSA) is 20.2 Å². The molecule has 0 heterocycles. The van der Waals surface area contributed by atoms with Crippen LogP contribution in [0.1, 0.15) is 19.8 Å². The monoisotopic (exact) mass is 186 g/mol. The van der Waals surface area contributed by atoms with Crippen LogP contribution < -0.4 is 0 Å². The van der Waals surface area contributed by atoms with Crippen LogP contribution in [0, 0.1) is 0 Å². The Balaban J connectivity index is 4.00. The molecule has 0 aliphatic rings. The van der Waals surface area contributed by atoms with Gasteiger partial charge in [-0.2, -0.15) is 0 Å². The van der Waals surface area contributed by atoms with E-state index in [1.54, 1.807) is 0 Å². The molecular formula is C10H22OSi. The molecule has 0 radical (unpaired) electrons. The summed E-state index contributed by atoms with van der Waals surface area (Å²) in [5.74, 6) is 0. The molecule has 0 aliphatic carbocycles. The van der Waals surface area contributed by atoms with E-state index in [-0.39, 0.29) is 6.61 Å². The Morgan fingerprint density at radius 2 is 1.92 bits per heavy atom. The number of rotatable bonds is 5. The molecule has 0 aromatic heterocycles. The molecule has 12 heavy (non-hydrogen) atoms. The third-order valence-electron chi connectivity index (χ3n) is 2.22. The van der Waals surface area contributed by atoms with E-state index in [1.807, 2.05) is 0 Å². The number of allylic oxidation sites excluding steroid dienone is 1. The Morgan fingerprint density at radius 1 is 1.33 bits per heavy atom. The number of hydrogen-bond acceptors (Lipinski definition) is 1. The molecule has 0 spiro atoms. The van der Waals surface area contributed by atoms with E-state index >= 15 is 0 Å². The van der Waals surface area contributed by atoms with Crippen molar-refractivity contribution in [2.24, 2.45) is 0 Å². The molecule has 0 aliphatic heterocycles. The first-order valence-corrected chi connectivity index (χ1v) is 8.37. The van der Waals surface area contributed by atoms with Crippen LogP contribution in [0.3, 0.4) is 0 Å². The maximum Gasteiger partial charge on any atom is 0.0513 e. The zero-order valence-corrected chi connectivity index (χ0v) is 9.80. The Hall–Kier alpha value is -0.0831. The van der Waals surface area contributed by atoms with Crippen LogP contribution in [0.15, 0.2) is 12.2 Å². The fraction of sp³-hybridized carbons (Fsp3) is 0.800. The van der Waals surface area contributed by atoms with E-state index in [0.717, 1.165) is 12.0 Å². The molecule has 0 fully saturated rings. The standard InChI is InChI=1S/C10H22OSi/c1-5-10(12(2,3)4)8-6-7-9-11/h6,8,10-11H,5,7,9H2,1-4H3/b8-6+/t10-/m1/s1. The van der Waals surface area contributed by atoms with E-state index in [1.165, 1.54) is 6.42 Å². The minimum Gasteiger partial charge on any atom is -0.396 e. The molecule has 0 aromatic carbocycles. The Morgan fingerprint density at radius 3 is 2.25 bits per heavy atom. The molecule has 0 saturated carbocycles. The van der Waals surface area contributed by atoms with E-state index in [9.17, 15) is 0 Å². The van der Waals surface area contributed by atoms with Crippen LogP contribution in [-0.4, -0.2) is 19.8 Å². The summed E-state index contributed by atoms with van der Waals surface area (Å²) in [5, 5.41) is 8.61. The minimum absolute atomic E-state index is 0.276. The first-order chi connectivity index (χ1) is 5.52. The maximum atomic E-state index is 8.61. The normalized spacial score (nSPS) is 15.4. The lowest BCUT2D eigenvalue weighted by Crippen LogP contribution is -2.26. The molecule has 0 bridgehead atoms. The van der Waals surface area contributed by atoms with Crippen LogP contribution in [0.4, 0.5) is 0 Å². The van der Waals surface area contributed by atoms with Gasteiger partial charge in [0.25, 0.3) is 0 Å². The van der Waals surface area contributed by atoms with Crippen LogP contribution in [-0.2, 0) is 0 Å². The molecule has 72 valence electrons. The van der Waals surface area contributed by atoms with Crippen molar-refractivity contribution in [3.8, 4) is 0 Å². The van der Waals surface area contributed by atoms with Crippen LogP contribution in [0.25, 0.3) is 0 Å². The number of hydrogen-bond donors (Lipinski definition) is 1. The highest BCUT2D eigenvalue weighted by atomic mass is 28.3. The van der Waals surface area contributed by atoms with Gasteiger partial charge in [-0.3, -0.25) is 0 Å². The highest BCUT2D eigenvalue weighted by molar-refractivity contribution is 6.78. The number of aliphatic hydroxyl groups excluding tert-OH is 1. The molecule has 0 rings (SSSR count). The quantitative estimate of drug-likeness (QED) is 0.517. The van der Waals surface area contributed by atoms with Crippen molar-refractivity contribution in [1.29, 1.82) is 0 Å². The third kappa shape index (κ3) is 4.73. The molecule has 1 N–H and O–H groups in total. The molecule has 1 nitrogen and oxygen atoms in total. The summed E-state index contributed by atoms with van der Waals surface area (Å²) in [6, 6.07) is 0. The van der Waals surface area contributed by atoms with Gasteiger partial charge in [-0.15, -0.1) is 0 Å². The smallest absolute Gasteiger partial charge is 0.0513 e. The molecular weight excluding hydrogens is 164 g/mol. The van der Waals surface area contributed by atoms with E-state index in [4.69, 9.17) is 5.11 Å². The Labute approximate surface area is 77.5 Å². The number of aliphatic hydroxyl groups is 1. The van der Waals surface area contributed by atoms with Crippen molar-refractivity contribution in [3.05, 3.63) is 12.2 Å². The summed E-state index contributed by atoms with van der Waals surface area (Å²) in [6.07, 6.45) is 6.45. The minimum atomic E-state index is -1.01. The van der Waals surface area contributed by atoms with Gasteiger partial charge in [0.2, 0.25) is 0 Å². The van der Waals surface area contributed by atoms with E-state index < -0.39 is 8.07 Å². The van der Waals surface area contributed by atoms with Crippen LogP contribution in [0.2, 0.25) is 25.2 Å². The molecule has 0 saturated heterocycles. The van der Waals surface area contributed by atoms with Crippen molar-refractivity contribution >= 4 is 8.07 Å². The zero-order valence-electron chi connectivity index (χ0n) is 8.80. The van der Waals surface area contributed by atoms with Crippen LogP contribution in [0.5, 0.6) is 0 Å². The fourth-order valence-corrected chi connectivity index (χ4v) is 3.31. The summed E-state index contributed by atoms with van der Waals surface area (Å²) in [4.78, 5) is 0. The average Bonchev–Trinajstić information content (AvgIpc) is 1.95. The van der Waals surface area contributed by atoms with Crippen molar-refractivity contribution in [2.75, 3.05) is 6.61 Å². The predicted molar refractivity (Wildman–Crippen MR) is 58.2 cm³/mol. The van der Waals surface area contributed by atoms with E-state index in [0.29, 0.717) is 0 Å². The van der Waals surface area contributed by atoms with Gasteiger partial charge in [0.1, 0.15) is 0 Å². The SMILES string of the molecule is CC[C@H](/C=C/CCO)[Si](C)(C)C. The maximum absolute atomic E-state index is 8.61. The van der Waals surface area contributed by atoms with Crippen LogP contribution >= 0.6 is 0 Å². The highest BCUT2D eigenvalue weighted by Crippen LogP contribution is 2.26. The summed E-state index contributed by atoms with van der Waals surface area (Å²) >= 11 is 0. The van der Waals surface area contributed by atoms with Gasteiger partial charge in [-0.1, -0.05) is 45.1 Å². The molecule has 0 aromatic rings. The second-order valence-electron chi connectivity index (χ2n) is 4.32. The van der Waals surface area contributed by atoms with Gasteiger partial charge >= 0.3 is 0 Å². The lowest BCUT2D eigenvalue weighted by atomic mass is 10.3. The lowest BCUT2D eigenvalue weighted by Gasteiger charge is -2.24. The van der Waals surface area contributed by atoms with E-state index in [2.05, 4.69) is 38.7 Å². The van der Waals surface area contributed by atoms with Crippen molar-refractivity contribution in [1.82, 2.24) is 0 Å². The van der Waals surface area contributed by atoms with Crippen molar-refractivity contribution in [2.45, 2.75) is 44.9 Å². The average molecular weight is 186 g/mol. The Bertz CT molecular complexity index is 135. The van der Waals surface area contributed by atoms with Gasteiger partial charge in [0.05, 0.1) is 8.07 Å². The van der Waals surface area contributed by atoms with Crippen molar-refractivity contribution in [3.63, 3.8) is 0 Å². The van der Waals surface area contributed by atoms with Gasteiger partial charge in [-0.25, -0.2) is 0 Å². The second kappa shape index (κ2) is 5.54. The summed E-state index contributed by atoms with van der Waals surface area (Å²) in [6.45, 7) is 9.70. The molecule has 0 amide bonds. The fourth-order valence-electron chi connectivity index (χ4n) is 1.37. The lowest BCUT2D eigenvalue weighted by molar-refractivity contribution is 0.302. The van der Waals surface area contributed by atoms with Gasteiger partial charge in [0.15, 0.2) is 0 Å². The first-order valence-electron chi connectivity index (χ1n) is 4.80. The largest absolute Gasteiger partial charge is 0.396 e. The third-order valence-corrected chi connectivity index (χ3v) is 5.04. The van der Waals surface area contributed by atoms with Gasteiger partial charge in [0, 0.05) is 6.61 Å². The molecule has 0 unspecified atom stereocenters. The van der Waals surface area contributed by atoms with Gasteiger partial charge in [-0.05, 0) is 12.0 Å². The Kier molecular flexibility index (Phi) is 5.50. The zero-order chi connectivity index (χ0) is 9.61.